The highest BCUT2D eigenvalue weighted by molar-refractivity contribution is 6.31. The summed E-state index contributed by atoms with van der Waals surface area (Å²) in [5.74, 6) is 1.40. The molecule has 0 amide bonds. The number of ether oxygens (including phenoxy) is 1. The maximum Gasteiger partial charge on any atom is 0.232 e. The number of rotatable bonds is 6. The van der Waals surface area contributed by atoms with Crippen molar-refractivity contribution >= 4 is 11.6 Å². The summed E-state index contributed by atoms with van der Waals surface area (Å²) in [6, 6.07) is 2.69. The molecule has 2 aliphatic carbocycles. The van der Waals surface area contributed by atoms with Gasteiger partial charge in [0, 0.05) is 18.8 Å². The highest BCUT2D eigenvalue weighted by Gasteiger charge is 2.23. The molecule has 0 radical (unpaired) electrons. The Hall–Kier alpha value is -0.800. The molecule has 0 spiro atoms. The molecule has 0 aliphatic heterocycles. The molecule has 4 heteroatoms. The van der Waals surface area contributed by atoms with Crippen molar-refractivity contribution in [1.82, 2.24) is 10.3 Å². The van der Waals surface area contributed by atoms with Gasteiger partial charge in [-0.25, -0.2) is 4.98 Å². The van der Waals surface area contributed by atoms with Crippen LogP contribution in [0.15, 0.2) is 12.3 Å². The van der Waals surface area contributed by atoms with Gasteiger partial charge in [-0.1, -0.05) is 31.4 Å². The Morgan fingerprint density at radius 2 is 2.19 bits per heavy atom. The van der Waals surface area contributed by atoms with Gasteiger partial charge < -0.3 is 10.1 Å². The summed E-state index contributed by atoms with van der Waals surface area (Å²) in [7, 11) is 0. The number of hydrogen-bond donors (Lipinski definition) is 1. The molecule has 3 nitrogen and oxygen atoms in total. The van der Waals surface area contributed by atoms with Crippen molar-refractivity contribution in [3.63, 3.8) is 0 Å². The second kappa shape index (κ2) is 6.97. The van der Waals surface area contributed by atoms with E-state index in [1.807, 2.05) is 12.3 Å². The Morgan fingerprint density at radius 1 is 1.33 bits per heavy atom. The van der Waals surface area contributed by atoms with Crippen LogP contribution in [0.3, 0.4) is 0 Å². The van der Waals surface area contributed by atoms with E-state index in [1.54, 1.807) is 0 Å². The van der Waals surface area contributed by atoms with E-state index in [-0.39, 0.29) is 6.10 Å². The molecular weight excluding hydrogens is 284 g/mol. The maximum absolute atomic E-state index is 6.33. The van der Waals surface area contributed by atoms with Crippen LogP contribution < -0.4 is 10.1 Å². The summed E-state index contributed by atoms with van der Waals surface area (Å²) >= 11 is 6.33. The van der Waals surface area contributed by atoms with Gasteiger partial charge in [0.1, 0.15) is 11.1 Å². The van der Waals surface area contributed by atoms with E-state index in [0.717, 1.165) is 30.9 Å². The molecule has 1 N–H and O–H groups in total. The van der Waals surface area contributed by atoms with Gasteiger partial charge in [0.15, 0.2) is 0 Å². The average Bonchev–Trinajstić information content (AvgIpc) is 3.32. The number of nitrogens with zero attached hydrogens (tertiary/aromatic N) is 1. The van der Waals surface area contributed by atoms with E-state index >= 15 is 0 Å². The molecule has 2 atom stereocenters. The van der Waals surface area contributed by atoms with Crippen LogP contribution in [-0.4, -0.2) is 17.1 Å². The first-order chi connectivity index (χ1) is 10.2. The first-order valence-electron chi connectivity index (χ1n) is 8.29. The summed E-state index contributed by atoms with van der Waals surface area (Å²) in [5.41, 5.74) is 1.13. The van der Waals surface area contributed by atoms with Gasteiger partial charge in [-0.15, -0.1) is 0 Å². The highest BCUT2D eigenvalue weighted by atomic mass is 35.5. The summed E-state index contributed by atoms with van der Waals surface area (Å²) < 4.78 is 6.05. The van der Waals surface area contributed by atoms with Crippen molar-refractivity contribution in [3.05, 3.63) is 22.8 Å². The second-order valence-electron chi connectivity index (χ2n) is 6.47. The van der Waals surface area contributed by atoms with Crippen LogP contribution >= 0.6 is 11.6 Å². The Kier molecular flexibility index (Phi) is 5.02. The Bertz CT molecular complexity index is 476. The van der Waals surface area contributed by atoms with E-state index in [1.165, 1.54) is 32.1 Å². The standard InChI is InChI=1S/C17H25ClN2O/c1-2-12-4-3-5-15(8-12)21-17-16(18)9-13(11-20-17)10-19-14-6-7-14/h9,11-12,14-15,19H,2-8,10H2,1H3. The van der Waals surface area contributed by atoms with Gasteiger partial charge in [-0.3, -0.25) is 0 Å². The molecule has 2 aliphatic rings. The third-order valence-corrected chi connectivity index (χ3v) is 4.90. The lowest BCUT2D eigenvalue weighted by molar-refractivity contribution is 0.117. The van der Waals surface area contributed by atoms with Crippen molar-refractivity contribution in [1.29, 1.82) is 0 Å². The third-order valence-electron chi connectivity index (χ3n) is 4.63. The first-order valence-corrected chi connectivity index (χ1v) is 8.67. The average molecular weight is 309 g/mol. The summed E-state index contributed by atoms with van der Waals surface area (Å²) in [6.07, 6.45) is 10.9. The highest BCUT2D eigenvalue weighted by Crippen LogP contribution is 2.31. The van der Waals surface area contributed by atoms with Gasteiger partial charge in [0.2, 0.25) is 5.88 Å². The quantitative estimate of drug-likeness (QED) is 0.849. The van der Waals surface area contributed by atoms with Crippen molar-refractivity contribution in [2.75, 3.05) is 0 Å². The van der Waals surface area contributed by atoms with E-state index in [9.17, 15) is 0 Å². The zero-order valence-corrected chi connectivity index (χ0v) is 13.5. The zero-order chi connectivity index (χ0) is 14.7. The third kappa shape index (κ3) is 4.33. The molecule has 1 aromatic rings. The molecule has 1 aromatic heterocycles. The number of hydrogen-bond acceptors (Lipinski definition) is 3. The van der Waals surface area contributed by atoms with E-state index < -0.39 is 0 Å². The Labute approximate surface area is 132 Å². The minimum atomic E-state index is 0.282. The van der Waals surface area contributed by atoms with Gasteiger partial charge in [0.25, 0.3) is 0 Å². The lowest BCUT2D eigenvalue weighted by Crippen LogP contribution is -2.25. The predicted octanol–water partition coefficient (Wildman–Crippen LogP) is 4.33. The molecule has 116 valence electrons. The summed E-state index contributed by atoms with van der Waals surface area (Å²) in [6.45, 7) is 3.11. The minimum Gasteiger partial charge on any atom is -0.473 e. The topological polar surface area (TPSA) is 34.1 Å². The molecule has 1 heterocycles. The lowest BCUT2D eigenvalue weighted by Gasteiger charge is -2.28. The smallest absolute Gasteiger partial charge is 0.232 e. The molecule has 3 rings (SSSR count). The van der Waals surface area contributed by atoms with Crippen molar-refractivity contribution in [3.8, 4) is 5.88 Å². The molecular formula is C17H25ClN2O. The van der Waals surface area contributed by atoms with Gasteiger partial charge in [-0.05, 0) is 49.7 Å². The largest absolute Gasteiger partial charge is 0.473 e. The zero-order valence-electron chi connectivity index (χ0n) is 12.8. The van der Waals surface area contributed by atoms with Crippen LogP contribution in [0.1, 0.15) is 57.4 Å². The van der Waals surface area contributed by atoms with Crippen LogP contribution in [0.4, 0.5) is 0 Å². The van der Waals surface area contributed by atoms with Crippen LogP contribution in [-0.2, 0) is 6.54 Å². The molecule has 2 fully saturated rings. The van der Waals surface area contributed by atoms with Crippen molar-refractivity contribution in [2.45, 2.75) is 70.6 Å². The van der Waals surface area contributed by atoms with Crippen LogP contribution in [0, 0.1) is 5.92 Å². The number of nitrogens with one attached hydrogen (secondary N) is 1. The normalized spacial score (nSPS) is 25.8. The number of pyridine rings is 1. The number of halogens is 1. The monoisotopic (exact) mass is 308 g/mol. The molecule has 0 saturated heterocycles. The van der Waals surface area contributed by atoms with Crippen molar-refractivity contribution < 1.29 is 4.74 Å². The van der Waals surface area contributed by atoms with Gasteiger partial charge >= 0.3 is 0 Å². The van der Waals surface area contributed by atoms with E-state index in [4.69, 9.17) is 16.3 Å². The summed E-state index contributed by atoms with van der Waals surface area (Å²) in [5, 5.41) is 4.12. The fourth-order valence-electron chi connectivity index (χ4n) is 3.08. The Morgan fingerprint density at radius 3 is 2.90 bits per heavy atom. The first kappa shape index (κ1) is 15.1. The van der Waals surface area contributed by atoms with Crippen LogP contribution in [0.2, 0.25) is 5.02 Å². The molecule has 21 heavy (non-hydrogen) atoms. The molecule has 2 unspecified atom stereocenters. The molecule has 0 bridgehead atoms. The van der Waals surface area contributed by atoms with Gasteiger partial charge in [-0.2, -0.15) is 0 Å². The molecule has 0 aromatic carbocycles. The van der Waals surface area contributed by atoms with Crippen LogP contribution in [0.5, 0.6) is 5.88 Å². The minimum absolute atomic E-state index is 0.282. The number of aromatic nitrogens is 1. The van der Waals surface area contributed by atoms with E-state index in [0.29, 0.717) is 16.9 Å². The SMILES string of the molecule is CCC1CCCC(Oc2ncc(CNC3CC3)cc2Cl)C1. The predicted molar refractivity (Wildman–Crippen MR) is 85.8 cm³/mol. The Balaban J connectivity index is 1.56. The maximum atomic E-state index is 6.33. The van der Waals surface area contributed by atoms with Crippen molar-refractivity contribution in [2.24, 2.45) is 5.92 Å². The second-order valence-corrected chi connectivity index (χ2v) is 6.87. The van der Waals surface area contributed by atoms with Crippen LogP contribution in [0.25, 0.3) is 0 Å². The summed E-state index contributed by atoms with van der Waals surface area (Å²) in [4.78, 5) is 4.43. The molecule has 2 saturated carbocycles. The fourth-order valence-corrected chi connectivity index (χ4v) is 3.31. The van der Waals surface area contributed by atoms with Gasteiger partial charge in [0.05, 0.1) is 0 Å². The van der Waals surface area contributed by atoms with E-state index in [2.05, 4.69) is 17.2 Å². The lowest BCUT2D eigenvalue weighted by atomic mass is 9.85. The fraction of sp³-hybridized carbons (Fsp3) is 0.706.